The van der Waals surface area contributed by atoms with E-state index in [1.165, 1.54) is 5.56 Å². The van der Waals surface area contributed by atoms with Crippen LogP contribution in [-0.4, -0.2) is 11.8 Å². The zero-order valence-corrected chi connectivity index (χ0v) is 12.5. The molecule has 0 aromatic heterocycles. The molecule has 108 valence electrons. The minimum atomic E-state index is -0.401. The van der Waals surface area contributed by atoms with Crippen LogP contribution in [0.3, 0.4) is 0 Å². The predicted octanol–water partition coefficient (Wildman–Crippen LogP) is 3.04. The van der Waals surface area contributed by atoms with Crippen molar-refractivity contribution >= 4 is 11.8 Å². The number of imide groups is 1. The summed E-state index contributed by atoms with van der Waals surface area (Å²) in [5, 5.41) is 2.31. The van der Waals surface area contributed by atoms with Gasteiger partial charge in [0, 0.05) is 12.0 Å². The smallest absolute Gasteiger partial charge is 0.252 e. The first-order valence-corrected chi connectivity index (χ1v) is 6.96. The Kier molecular flexibility index (Phi) is 6.16. The van der Waals surface area contributed by atoms with E-state index in [4.69, 9.17) is 0 Å². The molecular formula is C17H23NO2. The van der Waals surface area contributed by atoms with Gasteiger partial charge in [0.25, 0.3) is 5.91 Å². The number of carbonyl (C=O) groups is 2. The van der Waals surface area contributed by atoms with E-state index in [-0.39, 0.29) is 5.91 Å². The lowest BCUT2D eigenvalue weighted by atomic mass is 10.0. The molecule has 1 aromatic carbocycles. The summed E-state index contributed by atoms with van der Waals surface area (Å²) in [4.78, 5) is 22.9. The van der Waals surface area contributed by atoms with Crippen LogP contribution in [0.2, 0.25) is 0 Å². The molecule has 0 saturated heterocycles. The van der Waals surface area contributed by atoms with Crippen LogP contribution >= 0.6 is 0 Å². The number of hydrogen-bond acceptors (Lipinski definition) is 2. The van der Waals surface area contributed by atoms with Crippen molar-refractivity contribution in [2.45, 2.75) is 40.0 Å². The lowest BCUT2D eigenvalue weighted by molar-refractivity contribution is -0.128. The molecule has 0 radical (unpaired) electrons. The Bertz CT molecular complexity index is 486. The van der Waals surface area contributed by atoms with Crippen molar-refractivity contribution in [2.24, 2.45) is 5.92 Å². The third-order valence-corrected chi connectivity index (χ3v) is 2.95. The number of benzene rings is 1. The monoisotopic (exact) mass is 273 g/mol. The molecule has 20 heavy (non-hydrogen) atoms. The summed E-state index contributed by atoms with van der Waals surface area (Å²) in [6, 6.07) is 8.30. The zero-order chi connectivity index (χ0) is 15.1. The topological polar surface area (TPSA) is 46.2 Å². The normalized spacial score (nSPS) is 10.4. The molecule has 0 fully saturated rings. The van der Waals surface area contributed by atoms with Gasteiger partial charge < -0.3 is 0 Å². The summed E-state index contributed by atoms with van der Waals surface area (Å²) in [6.07, 6.45) is 2.01. The first-order valence-electron chi connectivity index (χ1n) is 6.96. The molecule has 0 atom stereocenters. The molecule has 0 bridgehead atoms. The van der Waals surface area contributed by atoms with E-state index in [1.54, 1.807) is 6.92 Å². The second-order valence-electron chi connectivity index (χ2n) is 5.57. The highest BCUT2D eigenvalue weighted by molar-refractivity contribution is 6.03. The molecular weight excluding hydrogens is 250 g/mol. The lowest BCUT2D eigenvalue weighted by Crippen LogP contribution is -2.30. The van der Waals surface area contributed by atoms with Gasteiger partial charge in [-0.15, -0.1) is 0 Å². The fraction of sp³-hybridized carbons (Fsp3) is 0.412. The summed E-state index contributed by atoms with van der Waals surface area (Å²) in [6.45, 7) is 9.46. The van der Waals surface area contributed by atoms with Gasteiger partial charge in [-0.2, -0.15) is 0 Å². The van der Waals surface area contributed by atoms with Crippen LogP contribution in [-0.2, 0) is 22.4 Å². The van der Waals surface area contributed by atoms with Crippen molar-refractivity contribution in [3.8, 4) is 0 Å². The molecule has 0 spiro atoms. The van der Waals surface area contributed by atoms with E-state index in [1.807, 2.05) is 12.1 Å². The molecule has 1 N–H and O–H groups in total. The Morgan fingerprint density at radius 2 is 1.70 bits per heavy atom. The molecule has 0 unspecified atom stereocenters. The van der Waals surface area contributed by atoms with E-state index in [0.29, 0.717) is 24.3 Å². The fourth-order valence-corrected chi connectivity index (χ4v) is 1.87. The summed E-state index contributed by atoms with van der Waals surface area (Å²) in [7, 11) is 0. The van der Waals surface area contributed by atoms with Crippen LogP contribution in [0.25, 0.3) is 0 Å². The SMILES string of the molecule is C=C(C)C(=O)NC(=O)CCc1ccc(CC(C)C)cc1. The Hall–Kier alpha value is -1.90. The summed E-state index contributed by atoms with van der Waals surface area (Å²) in [5.74, 6) is -0.0219. The number of nitrogens with one attached hydrogen (secondary N) is 1. The number of aryl methyl sites for hydroxylation is 1. The van der Waals surface area contributed by atoms with Crippen LogP contribution in [0.4, 0.5) is 0 Å². The number of carbonyl (C=O) groups excluding carboxylic acids is 2. The quantitative estimate of drug-likeness (QED) is 0.810. The molecule has 3 heteroatoms. The first kappa shape index (κ1) is 16.2. The minimum absolute atomic E-state index is 0.260. The Labute approximate surface area is 121 Å². The maximum Gasteiger partial charge on any atom is 0.252 e. The highest BCUT2D eigenvalue weighted by Gasteiger charge is 2.08. The summed E-state index contributed by atoms with van der Waals surface area (Å²) in [5.41, 5.74) is 2.76. The van der Waals surface area contributed by atoms with Gasteiger partial charge >= 0.3 is 0 Å². The van der Waals surface area contributed by atoms with Gasteiger partial charge in [0.05, 0.1) is 0 Å². The van der Waals surface area contributed by atoms with E-state index in [9.17, 15) is 9.59 Å². The van der Waals surface area contributed by atoms with E-state index in [0.717, 1.165) is 12.0 Å². The predicted molar refractivity (Wildman–Crippen MR) is 81.3 cm³/mol. The van der Waals surface area contributed by atoms with Gasteiger partial charge in [-0.1, -0.05) is 44.7 Å². The van der Waals surface area contributed by atoms with Crippen molar-refractivity contribution in [1.82, 2.24) is 5.32 Å². The molecule has 2 amide bonds. The van der Waals surface area contributed by atoms with E-state index < -0.39 is 5.91 Å². The van der Waals surface area contributed by atoms with Crippen LogP contribution in [0.15, 0.2) is 36.4 Å². The molecule has 3 nitrogen and oxygen atoms in total. The Morgan fingerprint density at radius 3 is 2.20 bits per heavy atom. The average molecular weight is 273 g/mol. The minimum Gasteiger partial charge on any atom is -0.293 e. The van der Waals surface area contributed by atoms with E-state index in [2.05, 4.69) is 37.9 Å². The maximum absolute atomic E-state index is 11.6. The number of amides is 2. The second-order valence-corrected chi connectivity index (χ2v) is 5.57. The average Bonchev–Trinajstić information content (AvgIpc) is 2.37. The molecule has 0 aliphatic rings. The van der Waals surface area contributed by atoms with Gasteiger partial charge in [0.15, 0.2) is 0 Å². The van der Waals surface area contributed by atoms with Gasteiger partial charge in [0.1, 0.15) is 0 Å². The van der Waals surface area contributed by atoms with Gasteiger partial charge in [-0.05, 0) is 36.8 Å². The molecule has 1 rings (SSSR count). The lowest BCUT2D eigenvalue weighted by Gasteiger charge is -2.07. The molecule has 1 aromatic rings. The first-order chi connectivity index (χ1) is 9.38. The Morgan fingerprint density at radius 1 is 1.15 bits per heavy atom. The second kappa shape index (κ2) is 7.63. The maximum atomic E-state index is 11.6. The summed E-state index contributed by atoms with van der Waals surface area (Å²) >= 11 is 0. The van der Waals surface area contributed by atoms with Crippen molar-refractivity contribution < 1.29 is 9.59 Å². The Balaban J connectivity index is 2.43. The fourth-order valence-electron chi connectivity index (χ4n) is 1.87. The van der Waals surface area contributed by atoms with Crippen LogP contribution in [0.5, 0.6) is 0 Å². The number of hydrogen-bond donors (Lipinski definition) is 1. The van der Waals surface area contributed by atoms with Crippen LogP contribution in [0, 0.1) is 5.92 Å². The van der Waals surface area contributed by atoms with Gasteiger partial charge in [-0.3, -0.25) is 14.9 Å². The third-order valence-electron chi connectivity index (χ3n) is 2.95. The van der Waals surface area contributed by atoms with Crippen molar-refractivity contribution in [1.29, 1.82) is 0 Å². The molecule has 0 heterocycles. The zero-order valence-electron chi connectivity index (χ0n) is 12.5. The molecule has 0 aliphatic heterocycles. The molecule has 0 aliphatic carbocycles. The van der Waals surface area contributed by atoms with Gasteiger partial charge in [0.2, 0.25) is 5.91 Å². The van der Waals surface area contributed by atoms with Crippen LogP contribution in [0.1, 0.15) is 38.3 Å². The van der Waals surface area contributed by atoms with Crippen molar-refractivity contribution in [3.63, 3.8) is 0 Å². The highest BCUT2D eigenvalue weighted by Crippen LogP contribution is 2.11. The molecule has 0 saturated carbocycles. The highest BCUT2D eigenvalue weighted by atomic mass is 16.2. The van der Waals surface area contributed by atoms with Gasteiger partial charge in [-0.25, -0.2) is 0 Å². The van der Waals surface area contributed by atoms with Crippen LogP contribution < -0.4 is 5.32 Å². The van der Waals surface area contributed by atoms with Crippen molar-refractivity contribution in [3.05, 3.63) is 47.5 Å². The van der Waals surface area contributed by atoms with E-state index >= 15 is 0 Å². The van der Waals surface area contributed by atoms with Crippen molar-refractivity contribution in [2.75, 3.05) is 0 Å². The standard InChI is InChI=1S/C17H23NO2/c1-12(2)11-15-7-5-14(6-8-15)9-10-16(19)18-17(20)13(3)4/h5-8,12H,3,9-11H2,1-2,4H3,(H,18,19,20). The number of rotatable bonds is 6. The summed E-state index contributed by atoms with van der Waals surface area (Å²) < 4.78 is 0. The largest absolute Gasteiger partial charge is 0.293 e. The third kappa shape index (κ3) is 5.83.